The average molecular weight is 1020 g/mol. The highest BCUT2D eigenvalue weighted by Gasteiger charge is 2.34. The lowest BCUT2D eigenvalue weighted by molar-refractivity contribution is 0.202. The van der Waals surface area contributed by atoms with Crippen molar-refractivity contribution >= 4 is 86.8 Å². The van der Waals surface area contributed by atoms with Crippen molar-refractivity contribution in [3.63, 3.8) is 0 Å². The van der Waals surface area contributed by atoms with Gasteiger partial charge in [-0.2, -0.15) is 0 Å². The number of hydrogen-bond acceptors (Lipinski definition) is 17. The molecule has 0 radical (unpaired) electrons. The lowest BCUT2D eigenvalue weighted by Crippen LogP contribution is -2.43. The highest BCUT2D eigenvalue weighted by molar-refractivity contribution is 7.93. The number of methoxy groups -OCH3 is 4. The molecule has 6 aromatic rings. The molecular weight excluding hydrogens is 961 g/mol. The second kappa shape index (κ2) is 23.3. The van der Waals surface area contributed by atoms with Crippen LogP contribution in [0.25, 0.3) is 22.1 Å². The van der Waals surface area contributed by atoms with E-state index in [1.54, 1.807) is 52.7 Å². The van der Waals surface area contributed by atoms with Gasteiger partial charge in [0.1, 0.15) is 11.5 Å². The van der Waals surface area contributed by atoms with Crippen LogP contribution in [-0.2, 0) is 52.4 Å². The highest BCUT2D eigenvalue weighted by atomic mass is 32.2. The molecule has 4 aromatic carbocycles. The number of rotatable bonds is 19. The molecule has 0 bridgehead atoms. The van der Waals surface area contributed by atoms with Gasteiger partial charge in [0, 0.05) is 50.8 Å². The number of fused-ring (bicyclic) bond motifs is 2. The smallest absolute Gasteiger partial charge is 0.236 e. The van der Waals surface area contributed by atoms with Crippen molar-refractivity contribution in [1.29, 1.82) is 0 Å². The largest absolute Gasteiger partial charge is 0.497 e. The molecule has 2 fully saturated rings. The van der Waals surface area contributed by atoms with Crippen molar-refractivity contribution in [2.24, 2.45) is 0 Å². The predicted octanol–water partition coefficient (Wildman–Crippen LogP) is 5.80. The number of anilines is 6. The number of para-hydroxylation sites is 4. The average Bonchev–Trinajstić information content (AvgIpc) is 3.36. The second-order valence-electron chi connectivity index (χ2n) is 16.7. The van der Waals surface area contributed by atoms with Gasteiger partial charge < -0.3 is 34.9 Å². The minimum Gasteiger partial charge on any atom is -0.497 e. The minimum absolute atomic E-state index is 0.0600. The molecule has 70 heavy (non-hydrogen) atoms. The zero-order chi connectivity index (χ0) is 49.9. The maximum atomic E-state index is 13.3. The predicted molar refractivity (Wildman–Crippen MR) is 273 cm³/mol. The first-order chi connectivity index (χ1) is 33.6. The summed E-state index contributed by atoms with van der Waals surface area (Å²) in [5, 5.41) is 8.50. The summed E-state index contributed by atoms with van der Waals surface area (Å²) in [5.41, 5.74) is 5.74. The SMILES string of the molecule is COCCc1ccc(OC)cc1Nc1nc2ccccc2nc1NS(=O)(=O)C1CCN(S(C)(=O)=O)CC1.COCCc1ccc(OC)cc1Nc1nc2ccccc2nc1NS(=O)(=O)C1CCNCC1. The van der Waals surface area contributed by atoms with Crippen molar-refractivity contribution in [2.75, 3.05) is 94.2 Å². The molecular formula is C47H60N10O10S3. The van der Waals surface area contributed by atoms with Gasteiger partial charge in [0.15, 0.2) is 23.3 Å². The summed E-state index contributed by atoms with van der Waals surface area (Å²) in [7, 11) is -4.45. The Kier molecular flexibility index (Phi) is 17.3. The Hall–Kier alpha value is -5.95. The molecule has 5 N–H and O–H groups in total. The molecule has 0 saturated carbocycles. The lowest BCUT2D eigenvalue weighted by Gasteiger charge is -2.30. The standard InChI is InChI=1S/C24H31N5O6S2.C23H29N5O4S/c1-34-15-12-17-8-9-18(35-2)16-22(17)27-23-24(26-21-7-5-4-6-20(21)25-23)28-37(32,33)19-10-13-29(14-11-19)36(3,30)31;1-31-14-11-16-7-8-17(32-2)15-21(16)27-22-23(26-20-6-4-3-5-19(20)25-22)28-33(29,30)18-9-12-24-13-10-18/h4-9,16,19H,10-15H2,1-3H3,(H,25,27)(H,26,28);3-8,15,18,24H,9-14H2,1-2H3,(H,25,27)(H,26,28). The van der Waals surface area contributed by atoms with Crippen molar-refractivity contribution in [2.45, 2.75) is 49.0 Å². The number of hydrogen-bond donors (Lipinski definition) is 5. The molecule has 0 atom stereocenters. The van der Waals surface area contributed by atoms with Crippen LogP contribution < -0.4 is 34.9 Å². The van der Waals surface area contributed by atoms with Crippen LogP contribution in [0.2, 0.25) is 0 Å². The van der Waals surface area contributed by atoms with E-state index in [4.69, 9.17) is 23.9 Å². The fourth-order valence-electron chi connectivity index (χ4n) is 8.05. The van der Waals surface area contributed by atoms with Crippen molar-refractivity contribution < 1.29 is 44.2 Å². The fraction of sp³-hybridized carbons (Fsp3) is 0.404. The van der Waals surface area contributed by atoms with E-state index in [1.807, 2.05) is 60.7 Å². The van der Waals surface area contributed by atoms with Gasteiger partial charge in [-0.3, -0.25) is 9.44 Å². The van der Waals surface area contributed by atoms with Gasteiger partial charge in [0.05, 0.1) is 66.3 Å². The van der Waals surface area contributed by atoms with Gasteiger partial charge in [0.25, 0.3) is 0 Å². The molecule has 23 heteroatoms. The number of benzene rings is 4. The maximum absolute atomic E-state index is 13.3. The zero-order valence-corrected chi connectivity index (χ0v) is 42.2. The van der Waals surface area contributed by atoms with Crippen LogP contribution in [0, 0.1) is 0 Å². The van der Waals surface area contributed by atoms with E-state index in [0.29, 0.717) is 97.1 Å². The number of ether oxygens (including phenoxy) is 4. The van der Waals surface area contributed by atoms with E-state index in [1.165, 1.54) is 4.31 Å². The third-order valence-corrected chi connectivity index (χ3v) is 16.9. The van der Waals surface area contributed by atoms with Gasteiger partial charge in [-0.15, -0.1) is 0 Å². The number of nitrogens with one attached hydrogen (secondary N) is 5. The molecule has 0 spiro atoms. The Labute approximate surface area is 409 Å². The summed E-state index contributed by atoms with van der Waals surface area (Å²) in [6.45, 7) is 2.67. The van der Waals surface area contributed by atoms with Crippen molar-refractivity contribution in [3.05, 3.63) is 96.1 Å². The van der Waals surface area contributed by atoms with E-state index < -0.39 is 40.6 Å². The summed E-state index contributed by atoms with van der Waals surface area (Å²) in [5.74, 6) is 2.10. The van der Waals surface area contributed by atoms with Crippen LogP contribution in [0.15, 0.2) is 84.9 Å². The minimum atomic E-state index is -3.88. The fourth-order valence-corrected chi connectivity index (χ4v) is 11.8. The first-order valence-corrected chi connectivity index (χ1v) is 27.6. The topological polar surface area (TPSA) is 254 Å². The summed E-state index contributed by atoms with van der Waals surface area (Å²) in [6, 6.07) is 25.8. The summed E-state index contributed by atoms with van der Waals surface area (Å²) < 4.78 is 105. The summed E-state index contributed by atoms with van der Waals surface area (Å²) >= 11 is 0. The van der Waals surface area contributed by atoms with Crippen molar-refractivity contribution in [1.82, 2.24) is 29.6 Å². The van der Waals surface area contributed by atoms with E-state index in [0.717, 1.165) is 23.1 Å². The first-order valence-electron chi connectivity index (χ1n) is 22.7. The molecule has 0 amide bonds. The van der Waals surface area contributed by atoms with Crippen LogP contribution in [0.4, 0.5) is 34.6 Å². The Bertz CT molecular complexity index is 3100. The summed E-state index contributed by atoms with van der Waals surface area (Å²) in [4.78, 5) is 18.5. The monoisotopic (exact) mass is 1020 g/mol. The van der Waals surface area contributed by atoms with Crippen LogP contribution in [0.1, 0.15) is 36.8 Å². The molecule has 8 rings (SSSR count). The van der Waals surface area contributed by atoms with Crippen LogP contribution in [0.3, 0.4) is 0 Å². The molecule has 0 aliphatic carbocycles. The molecule has 376 valence electrons. The normalized spacial score (nSPS) is 15.2. The Balaban J connectivity index is 0.000000208. The van der Waals surface area contributed by atoms with Crippen molar-refractivity contribution in [3.8, 4) is 11.5 Å². The van der Waals surface area contributed by atoms with Gasteiger partial charge in [0.2, 0.25) is 30.1 Å². The van der Waals surface area contributed by atoms with Crippen LogP contribution in [-0.4, -0.2) is 134 Å². The molecule has 2 aromatic heterocycles. The first kappa shape index (κ1) is 51.9. The zero-order valence-electron chi connectivity index (χ0n) is 39.8. The van der Waals surface area contributed by atoms with E-state index >= 15 is 0 Å². The highest BCUT2D eigenvalue weighted by Crippen LogP contribution is 2.33. The Morgan fingerprint density at radius 2 is 0.943 bits per heavy atom. The lowest BCUT2D eigenvalue weighted by atomic mass is 10.1. The Morgan fingerprint density at radius 1 is 0.557 bits per heavy atom. The third kappa shape index (κ3) is 13.3. The summed E-state index contributed by atoms with van der Waals surface area (Å²) in [6.07, 6.45) is 3.88. The maximum Gasteiger partial charge on any atom is 0.236 e. The van der Waals surface area contributed by atoms with Crippen LogP contribution in [0.5, 0.6) is 11.5 Å². The number of nitrogens with zero attached hydrogens (tertiary/aromatic N) is 5. The number of sulfonamides is 3. The van der Waals surface area contributed by atoms with Gasteiger partial charge in [-0.25, -0.2) is 49.5 Å². The molecule has 2 aliphatic rings. The van der Waals surface area contributed by atoms with Crippen LogP contribution >= 0.6 is 0 Å². The number of aromatic nitrogens is 4. The number of piperidine rings is 2. The van der Waals surface area contributed by atoms with Gasteiger partial charge >= 0.3 is 0 Å². The molecule has 20 nitrogen and oxygen atoms in total. The van der Waals surface area contributed by atoms with E-state index in [-0.39, 0.29) is 43.4 Å². The quantitative estimate of drug-likeness (QED) is 0.0643. The molecule has 2 saturated heterocycles. The molecule has 0 unspecified atom stereocenters. The van der Waals surface area contributed by atoms with E-state index in [2.05, 4.69) is 40.3 Å². The molecule has 4 heterocycles. The molecule has 2 aliphatic heterocycles. The van der Waals surface area contributed by atoms with Gasteiger partial charge in [-0.05, 0) is 99.1 Å². The van der Waals surface area contributed by atoms with Gasteiger partial charge in [-0.1, -0.05) is 36.4 Å². The van der Waals surface area contributed by atoms with E-state index in [9.17, 15) is 25.3 Å². The second-order valence-corrected chi connectivity index (χ2v) is 22.6. The third-order valence-electron chi connectivity index (χ3n) is 11.9. The Morgan fingerprint density at radius 3 is 1.31 bits per heavy atom.